The molecule has 33 heavy (non-hydrogen) atoms. The second kappa shape index (κ2) is 11.1. The molecule has 1 amide bonds. The maximum absolute atomic E-state index is 12.8. The van der Waals surface area contributed by atoms with E-state index in [1.165, 1.54) is 23.5 Å². The SMILES string of the molecule is CC(COCC(=O)N(C)Cc1ccc(C2=NCCN2)cc1)N(C)S(=O)(=O)c1ccccc1Cl. The summed E-state index contributed by atoms with van der Waals surface area (Å²) in [5, 5.41) is 3.40. The van der Waals surface area contributed by atoms with Gasteiger partial charge in [0.15, 0.2) is 0 Å². The summed E-state index contributed by atoms with van der Waals surface area (Å²) in [6.45, 7) is 3.74. The standard InChI is InChI=1S/C23H29ClN4O4S/c1-17(28(3)33(30,31)21-7-5-4-6-20(21)24)15-32-16-22(29)27(2)14-18-8-10-19(11-9-18)23-25-12-13-26-23/h4-11,17H,12-16H2,1-3H3,(H,25,26). The number of carbonyl (C=O) groups is 1. The summed E-state index contributed by atoms with van der Waals surface area (Å²) in [5.74, 6) is 0.708. The minimum Gasteiger partial charge on any atom is -0.370 e. The van der Waals surface area contributed by atoms with Crippen molar-refractivity contribution in [1.82, 2.24) is 14.5 Å². The molecular weight excluding hydrogens is 464 g/mol. The van der Waals surface area contributed by atoms with Crippen LogP contribution in [0.15, 0.2) is 58.4 Å². The zero-order valence-electron chi connectivity index (χ0n) is 19.0. The van der Waals surface area contributed by atoms with Crippen molar-refractivity contribution in [2.24, 2.45) is 4.99 Å². The predicted molar refractivity (Wildman–Crippen MR) is 129 cm³/mol. The third-order valence-corrected chi connectivity index (χ3v) is 7.92. The number of likely N-dealkylation sites (N-methyl/N-ethyl adjacent to an activating group) is 2. The van der Waals surface area contributed by atoms with Crippen LogP contribution in [0.5, 0.6) is 0 Å². The van der Waals surface area contributed by atoms with Crippen LogP contribution in [0.3, 0.4) is 0 Å². The summed E-state index contributed by atoms with van der Waals surface area (Å²) in [5.41, 5.74) is 2.02. The van der Waals surface area contributed by atoms with E-state index in [2.05, 4.69) is 10.3 Å². The number of hydrogen-bond acceptors (Lipinski definition) is 6. The first kappa shape index (κ1) is 25.2. The average molecular weight is 493 g/mol. The van der Waals surface area contributed by atoms with Gasteiger partial charge in [-0.3, -0.25) is 9.79 Å². The monoisotopic (exact) mass is 492 g/mol. The second-order valence-corrected chi connectivity index (χ2v) is 10.3. The Morgan fingerprint density at radius 3 is 2.52 bits per heavy atom. The van der Waals surface area contributed by atoms with Crippen LogP contribution in [0.25, 0.3) is 0 Å². The molecule has 10 heteroatoms. The van der Waals surface area contributed by atoms with Crippen LogP contribution >= 0.6 is 11.6 Å². The lowest BCUT2D eigenvalue weighted by atomic mass is 10.1. The average Bonchev–Trinajstić information content (AvgIpc) is 3.34. The molecule has 2 aromatic rings. The van der Waals surface area contributed by atoms with Gasteiger partial charge >= 0.3 is 0 Å². The summed E-state index contributed by atoms with van der Waals surface area (Å²) in [4.78, 5) is 18.5. The molecule has 0 spiro atoms. The van der Waals surface area contributed by atoms with Gasteiger partial charge in [0.25, 0.3) is 0 Å². The predicted octanol–water partition coefficient (Wildman–Crippen LogP) is 2.37. The fourth-order valence-electron chi connectivity index (χ4n) is 3.30. The van der Waals surface area contributed by atoms with Gasteiger partial charge in [-0.1, -0.05) is 48.0 Å². The molecule has 8 nitrogen and oxygen atoms in total. The second-order valence-electron chi connectivity index (χ2n) is 7.92. The maximum Gasteiger partial charge on any atom is 0.248 e. The van der Waals surface area contributed by atoms with E-state index in [4.69, 9.17) is 16.3 Å². The Morgan fingerprint density at radius 1 is 1.18 bits per heavy atom. The fourth-order valence-corrected chi connectivity index (χ4v) is 5.14. The number of rotatable bonds is 10. The topological polar surface area (TPSA) is 91.3 Å². The van der Waals surface area contributed by atoms with Crippen LogP contribution in [0.1, 0.15) is 18.1 Å². The van der Waals surface area contributed by atoms with Crippen LogP contribution in [-0.2, 0) is 26.1 Å². The number of halogens is 1. The molecule has 0 saturated heterocycles. The van der Waals surface area contributed by atoms with Gasteiger partial charge in [0.05, 0.1) is 18.2 Å². The molecule has 1 aliphatic heterocycles. The van der Waals surface area contributed by atoms with E-state index in [-0.39, 0.29) is 29.0 Å². The van der Waals surface area contributed by atoms with Crippen molar-refractivity contribution in [2.45, 2.75) is 24.4 Å². The molecule has 178 valence electrons. The van der Waals surface area contributed by atoms with Gasteiger partial charge in [0, 0.05) is 38.8 Å². The van der Waals surface area contributed by atoms with Crippen molar-refractivity contribution in [3.8, 4) is 0 Å². The van der Waals surface area contributed by atoms with E-state index in [1.807, 2.05) is 24.3 Å². The first-order valence-electron chi connectivity index (χ1n) is 10.6. The van der Waals surface area contributed by atoms with Crippen molar-refractivity contribution < 1.29 is 17.9 Å². The number of carbonyl (C=O) groups excluding carboxylic acids is 1. The Balaban J connectivity index is 1.47. The molecule has 1 aliphatic rings. The van der Waals surface area contributed by atoms with E-state index in [0.29, 0.717) is 6.54 Å². The molecule has 0 aromatic heterocycles. The minimum atomic E-state index is -3.77. The summed E-state index contributed by atoms with van der Waals surface area (Å²) in [6, 6.07) is 13.7. The molecule has 3 rings (SSSR count). The number of aliphatic imine (C=N–C) groups is 1. The normalized spacial score (nSPS) is 14.6. The number of hydrogen-bond donors (Lipinski definition) is 1. The molecule has 0 bridgehead atoms. The van der Waals surface area contributed by atoms with Gasteiger partial charge in [-0.25, -0.2) is 8.42 Å². The summed E-state index contributed by atoms with van der Waals surface area (Å²) >= 11 is 6.05. The van der Waals surface area contributed by atoms with E-state index in [0.717, 1.165) is 30.1 Å². The summed E-state index contributed by atoms with van der Waals surface area (Å²) in [6.07, 6.45) is 0. The van der Waals surface area contributed by atoms with Crippen LogP contribution in [-0.4, -0.2) is 75.8 Å². The van der Waals surface area contributed by atoms with Crippen molar-refractivity contribution in [2.75, 3.05) is 40.4 Å². The van der Waals surface area contributed by atoms with Gasteiger partial charge in [-0.2, -0.15) is 4.31 Å². The molecule has 0 saturated carbocycles. The number of nitrogens with zero attached hydrogens (tertiary/aromatic N) is 3. The zero-order chi connectivity index (χ0) is 24.0. The van der Waals surface area contributed by atoms with Gasteiger partial charge < -0.3 is 15.0 Å². The summed E-state index contributed by atoms with van der Waals surface area (Å²) in [7, 11) is -0.596. The Morgan fingerprint density at radius 2 is 1.88 bits per heavy atom. The van der Waals surface area contributed by atoms with Gasteiger partial charge in [0.2, 0.25) is 15.9 Å². The molecule has 1 N–H and O–H groups in total. The van der Waals surface area contributed by atoms with E-state index >= 15 is 0 Å². The van der Waals surface area contributed by atoms with Crippen molar-refractivity contribution in [3.63, 3.8) is 0 Å². The smallest absolute Gasteiger partial charge is 0.248 e. The number of nitrogens with one attached hydrogen (secondary N) is 1. The molecule has 0 aliphatic carbocycles. The van der Waals surface area contributed by atoms with E-state index < -0.39 is 16.1 Å². The zero-order valence-corrected chi connectivity index (χ0v) is 20.6. The van der Waals surface area contributed by atoms with Crippen molar-refractivity contribution >= 4 is 33.4 Å². The quantitative estimate of drug-likeness (QED) is 0.550. The van der Waals surface area contributed by atoms with E-state index in [1.54, 1.807) is 31.0 Å². The molecule has 1 unspecified atom stereocenters. The summed E-state index contributed by atoms with van der Waals surface area (Å²) < 4.78 is 32.4. The Hall–Kier alpha value is -2.46. The number of benzene rings is 2. The van der Waals surface area contributed by atoms with Crippen LogP contribution in [0.2, 0.25) is 5.02 Å². The first-order chi connectivity index (χ1) is 15.7. The van der Waals surface area contributed by atoms with Crippen LogP contribution in [0.4, 0.5) is 0 Å². The minimum absolute atomic E-state index is 0.0404. The molecule has 1 heterocycles. The Kier molecular flexibility index (Phi) is 8.47. The van der Waals surface area contributed by atoms with Gasteiger partial charge in [0.1, 0.15) is 17.3 Å². The lowest BCUT2D eigenvalue weighted by molar-refractivity contribution is -0.135. The van der Waals surface area contributed by atoms with Crippen LogP contribution < -0.4 is 5.32 Å². The van der Waals surface area contributed by atoms with Gasteiger partial charge in [-0.05, 0) is 24.6 Å². The van der Waals surface area contributed by atoms with E-state index in [9.17, 15) is 13.2 Å². The molecule has 2 aromatic carbocycles. The first-order valence-corrected chi connectivity index (χ1v) is 12.4. The maximum atomic E-state index is 12.8. The van der Waals surface area contributed by atoms with Gasteiger partial charge in [-0.15, -0.1) is 0 Å². The number of amides is 1. The lowest BCUT2D eigenvalue weighted by Gasteiger charge is -2.25. The fraction of sp³-hybridized carbons (Fsp3) is 0.391. The highest BCUT2D eigenvalue weighted by Gasteiger charge is 2.27. The molecule has 1 atom stereocenters. The highest BCUT2D eigenvalue weighted by molar-refractivity contribution is 7.89. The third-order valence-electron chi connectivity index (χ3n) is 5.45. The highest BCUT2D eigenvalue weighted by atomic mass is 35.5. The Bertz CT molecular complexity index is 1110. The number of ether oxygens (including phenoxy) is 1. The lowest BCUT2D eigenvalue weighted by Crippen LogP contribution is -2.39. The molecular formula is C23H29ClN4O4S. The number of amidine groups is 1. The largest absolute Gasteiger partial charge is 0.370 e. The third kappa shape index (κ3) is 6.32. The van der Waals surface area contributed by atoms with Crippen molar-refractivity contribution in [1.29, 1.82) is 0 Å². The van der Waals surface area contributed by atoms with Crippen molar-refractivity contribution in [3.05, 3.63) is 64.7 Å². The number of sulfonamides is 1. The Labute approximate surface area is 200 Å². The van der Waals surface area contributed by atoms with Crippen LogP contribution in [0, 0.1) is 0 Å². The molecule has 0 fully saturated rings. The molecule has 0 radical (unpaired) electrons. The highest BCUT2D eigenvalue weighted by Crippen LogP contribution is 2.24.